The maximum absolute atomic E-state index is 13.0. The number of nitrogens with one attached hydrogen (secondary N) is 1. The Morgan fingerprint density at radius 3 is 2.68 bits per heavy atom. The smallest absolute Gasteiger partial charge is 0.236 e. The van der Waals surface area contributed by atoms with Crippen molar-refractivity contribution in [2.75, 3.05) is 30.4 Å². The molecule has 0 bridgehead atoms. The predicted molar refractivity (Wildman–Crippen MR) is 129 cm³/mol. The fourth-order valence-corrected chi connectivity index (χ4v) is 7.51. The third-order valence-corrected chi connectivity index (χ3v) is 9.09. The zero-order chi connectivity index (χ0) is 22.9. The minimum Gasteiger partial charge on any atom is -0.392 e. The number of thiazole rings is 1. The van der Waals surface area contributed by atoms with Crippen LogP contribution < -0.4 is 5.32 Å². The molecule has 3 rings (SSSR count). The molecule has 1 saturated carbocycles. The van der Waals surface area contributed by atoms with Gasteiger partial charge in [-0.1, -0.05) is 20.8 Å². The van der Waals surface area contributed by atoms with E-state index in [1.165, 1.54) is 16.6 Å². The van der Waals surface area contributed by atoms with Crippen LogP contribution in [0.5, 0.6) is 0 Å². The summed E-state index contributed by atoms with van der Waals surface area (Å²) < 4.78 is 0. The first-order valence-corrected chi connectivity index (χ1v) is 13.6. The van der Waals surface area contributed by atoms with Gasteiger partial charge in [0.05, 0.1) is 17.6 Å². The summed E-state index contributed by atoms with van der Waals surface area (Å²) in [6, 6.07) is 0. The van der Waals surface area contributed by atoms with Crippen molar-refractivity contribution in [1.29, 1.82) is 0 Å². The molecular weight excluding hydrogens is 430 g/mol. The van der Waals surface area contributed by atoms with Gasteiger partial charge in [0, 0.05) is 29.8 Å². The number of carbonyl (C=O) groups is 2. The maximum atomic E-state index is 13.0. The second kappa shape index (κ2) is 9.79. The van der Waals surface area contributed by atoms with Gasteiger partial charge < -0.3 is 15.3 Å². The van der Waals surface area contributed by atoms with Crippen LogP contribution in [0.25, 0.3) is 0 Å². The Labute approximate surface area is 194 Å². The SMILES string of the molecule is CCN(CC)C(=O)[C@@H](C)[C@H]1CC[C@@]2(C)Cc3sc(NC(=O)CSC)nc3[C@@H](C)[C@@H]2[C@H]1O. The highest BCUT2D eigenvalue weighted by Crippen LogP contribution is 2.57. The molecule has 2 amide bonds. The van der Waals surface area contributed by atoms with E-state index in [0.29, 0.717) is 24.0 Å². The minimum atomic E-state index is -0.535. The summed E-state index contributed by atoms with van der Waals surface area (Å²) in [5.74, 6) is 0.457. The van der Waals surface area contributed by atoms with Gasteiger partial charge in [0.1, 0.15) is 0 Å². The lowest BCUT2D eigenvalue weighted by atomic mass is 9.53. The van der Waals surface area contributed by atoms with Crippen molar-refractivity contribution in [3.63, 3.8) is 0 Å². The number of anilines is 1. The van der Waals surface area contributed by atoms with Gasteiger partial charge in [-0.3, -0.25) is 9.59 Å². The van der Waals surface area contributed by atoms with Crippen LogP contribution in [0.15, 0.2) is 0 Å². The summed E-state index contributed by atoms with van der Waals surface area (Å²) >= 11 is 3.07. The number of aliphatic hydroxyl groups is 1. The fraction of sp³-hybridized carbons (Fsp3) is 0.783. The van der Waals surface area contributed by atoms with Crippen LogP contribution in [0.1, 0.15) is 63.9 Å². The molecule has 1 fully saturated rings. The van der Waals surface area contributed by atoms with Crippen LogP contribution in [-0.4, -0.2) is 58.0 Å². The van der Waals surface area contributed by atoms with E-state index in [9.17, 15) is 14.7 Å². The molecular formula is C23H37N3O3S2. The number of hydrogen-bond donors (Lipinski definition) is 2. The summed E-state index contributed by atoms with van der Waals surface area (Å²) in [6.07, 6.45) is 4.10. The molecule has 0 unspecified atom stereocenters. The molecule has 2 aliphatic rings. The zero-order valence-corrected chi connectivity index (χ0v) is 21.2. The van der Waals surface area contributed by atoms with Crippen LogP contribution in [0.4, 0.5) is 5.13 Å². The van der Waals surface area contributed by atoms with Crippen molar-refractivity contribution in [2.24, 2.45) is 23.2 Å². The van der Waals surface area contributed by atoms with Gasteiger partial charge in [-0.25, -0.2) is 4.98 Å². The second-order valence-corrected chi connectivity index (χ2v) is 11.4. The number of amides is 2. The largest absolute Gasteiger partial charge is 0.392 e. The van der Waals surface area contributed by atoms with Crippen molar-refractivity contribution in [3.8, 4) is 0 Å². The van der Waals surface area contributed by atoms with Crippen molar-refractivity contribution in [1.82, 2.24) is 9.88 Å². The predicted octanol–water partition coefficient (Wildman–Crippen LogP) is 4.00. The molecule has 0 radical (unpaired) electrons. The highest BCUT2D eigenvalue weighted by molar-refractivity contribution is 7.99. The van der Waals surface area contributed by atoms with Gasteiger partial charge in [0.15, 0.2) is 5.13 Å². The third kappa shape index (κ3) is 4.67. The lowest BCUT2D eigenvalue weighted by molar-refractivity contribution is -0.144. The molecule has 1 aromatic heterocycles. The number of hydrogen-bond acceptors (Lipinski definition) is 6. The van der Waals surface area contributed by atoms with Crippen LogP contribution in [0.3, 0.4) is 0 Å². The van der Waals surface area contributed by atoms with Gasteiger partial charge in [-0.05, 0) is 56.6 Å². The molecule has 0 saturated heterocycles. The van der Waals surface area contributed by atoms with E-state index in [1.54, 1.807) is 11.3 Å². The van der Waals surface area contributed by atoms with Gasteiger partial charge in [0.2, 0.25) is 11.8 Å². The number of carbonyl (C=O) groups excluding carboxylic acids is 2. The molecule has 0 aliphatic heterocycles. The molecule has 2 N–H and O–H groups in total. The minimum absolute atomic E-state index is 0.0205. The quantitative estimate of drug-likeness (QED) is 0.633. The van der Waals surface area contributed by atoms with E-state index < -0.39 is 6.10 Å². The number of aliphatic hydroxyl groups excluding tert-OH is 1. The first kappa shape index (κ1) is 24.5. The van der Waals surface area contributed by atoms with Gasteiger partial charge in [-0.15, -0.1) is 11.3 Å². The number of rotatable bonds is 7. The summed E-state index contributed by atoms with van der Waals surface area (Å²) in [6.45, 7) is 11.8. The van der Waals surface area contributed by atoms with Crippen molar-refractivity contribution in [3.05, 3.63) is 10.6 Å². The molecule has 2 aliphatic carbocycles. The molecule has 1 heterocycles. The molecule has 174 valence electrons. The highest BCUT2D eigenvalue weighted by Gasteiger charge is 2.54. The Kier molecular flexibility index (Phi) is 7.75. The van der Waals surface area contributed by atoms with Crippen LogP contribution in [0.2, 0.25) is 0 Å². The van der Waals surface area contributed by atoms with Crippen LogP contribution in [-0.2, 0) is 16.0 Å². The molecule has 31 heavy (non-hydrogen) atoms. The summed E-state index contributed by atoms with van der Waals surface area (Å²) in [5, 5.41) is 15.1. The number of fused-ring (bicyclic) bond motifs is 2. The standard InChI is InChI=1S/C23H37N3O3S2/c1-7-26(8-2)21(29)13(3)15-9-10-23(5)11-16-19(14(4)18(23)20(15)28)25-22(31-16)24-17(27)12-30-6/h13-15,18,20,28H,7-12H2,1-6H3,(H,24,25,27)/t13-,14-,15+,18+,20-,23-/m0/s1. The third-order valence-electron chi connectivity index (χ3n) is 7.55. The lowest BCUT2D eigenvalue weighted by Gasteiger charge is -2.53. The zero-order valence-electron chi connectivity index (χ0n) is 19.6. The Bertz CT molecular complexity index is 810. The Hall–Kier alpha value is -1.12. The topological polar surface area (TPSA) is 82.5 Å². The van der Waals surface area contributed by atoms with E-state index in [-0.39, 0.29) is 40.9 Å². The fourth-order valence-electron chi connectivity index (χ4n) is 5.89. The maximum Gasteiger partial charge on any atom is 0.236 e. The van der Waals surface area contributed by atoms with Crippen molar-refractivity contribution < 1.29 is 14.7 Å². The molecule has 1 aromatic rings. The number of nitrogens with zero attached hydrogens (tertiary/aromatic N) is 2. The Morgan fingerprint density at radius 2 is 2.06 bits per heavy atom. The molecule has 8 heteroatoms. The summed E-state index contributed by atoms with van der Waals surface area (Å²) in [5.41, 5.74) is 0.988. The van der Waals surface area contributed by atoms with E-state index in [1.807, 2.05) is 31.9 Å². The van der Waals surface area contributed by atoms with E-state index in [2.05, 4.69) is 19.2 Å². The van der Waals surface area contributed by atoms with Gasteiger partial charge in [-0.2, -0.15) is 11.8 Å². The van der Waals surface area contributed by atoms with E-state index in [0.717, 1.165) is 25.0 Å². The molecule has 0 spiro atoms. The second-order valence-electron chi connectivity index (χ2n) is 9.45. The van der Waals surface area contributed by atoms with Crippen molar-refractivity contribution >= 4 is 40.0 Å². The summed E-state index contributed by atoms with van der Waals surface area (Å²) in [7, 11) is 0. The van der Waals surface area contributed by atoms with Crippen molar-refractivity contribution in [2.45, 2.75) is 65.9 Å². The van der Waals surface area contributed by atoms with E-state index in [4.69, 9.17) is 4.98 Å². The Morgan fingerprint density at radius 1 is 1.39 bits per heavy atom. The Balaban J connectivity index is 1.83. The van der Waals surface area contributed by atoms with Crippen LogP contribution >= 0.6 is 23.1 Å². The van der Waals surface area contributed by atoms with Gasteiger partial charge >= 0.3 is 0 Å². The lowest BCUT2D eigenvalue weighted by Crippen LogP contribution is -2.53. The first-order chi connectivity index (χ1) is 14.7. The molecule has 6 atom stereocenters. The highest BCUT2D eigenvalue weighted by atomic mass is 32.2. The molecule has 6 nitrogen and oxygen atoms in total. The monoisotopic (exact) mass is 467 g/mol. The van der Waals surface area contributed by atoms with Crippen LogP contribution in [0, 0.1) is 23.2 Å². The number of aromatic nitrogens is 1. The molecule has 0 aromatic carbocycles. The van der Waals surface area contributed by atoms with E-state index >= 15 is 0 Å². The van der Waals surface area contributed by atoms with Gasteiger partial charge in [0.25, 0.3) is 0 Å². The summed E-state index contributed by atoms with van der Waals surface area (Å²) in [4.78, 5) is 32.9. The average Bonchev–Trinajstić information content (AvgIpc) is 3.10. The normalized spacial score (nSPS) is 30.8. The average molecular weight is 468 g/mol. The first-order valence-electron chi connectivity index (χ1n) is 11.4. The number of thioether (sulfide) groups is 1.